The minimum atomic E-state index is 0.629. The van der Waals surface area contributed by atoms with Crippen LogP contribution in [-0.2, 0) is 0 Å². The summed E-state index contributed by atoms with van der Waals surface area (Å²) in [6.07, 6.45) is 4.59. The van der Waals surface area contributed by atoms with Crippen LogP contribution in [0.25, 0.3) is 10.8 Å². The molecule has 0 spiro atoms. The molecule has 1 unspecified atom stereocenters. The van der Waals surface area contributed by atoms with E-state index < -0.39 is 0 Å². The van der Waals surface area contributed by atoms with Crippen LogP contribution < -0.4 is 4.90 Å². The van der Waals surface area contributed by atoms with E-state index in [-0.39, 0.29) is 0 Å². The first-order valence-electron chi connectivity index (χ1n) is 6.38. The Balaban J connectivity index is 2.07. The number of aromatic nitrogens is 1. The molecule has 1 saturated heterocycles. The predicted molar refractivity (Wildman–Crippen MR) is 72.5 cm³/mol. The summed E-state index contributed by atoms with van der Waals surface area (Å²) in [7, 11) is 0. The molecule has 2 heteroatoms. The molecule has 0 bridgehead atoms. The predicted octanol–water partition coefficient (Wildman–Crippen LogP) is 3.53. The monoisotopic (exact) mass is 226 g/mol. The van der Waals surface area contributed by atoms with Crippen molar-refractivity contribution in [3.63, 3.8) is 0 Å². The molecular weight excluding hydrogens is 208 g/mol. The van der Waals surface area contributed by atoms with Crippen LogP contribution in [0.5, 0.6) is 0 Å². The number of nitrogens with zero attached hydrogens (tertiary/aromatic N) is 2. The lowest BCUT2D eigenvalue weighted by molar-refractivity contribution is 0.728. The van der Waals surface area contributed by atoms with E-state index in [0.717, 1.165) is 12.4 Å². The number of rotatable bonds is 1. The van der Waals surface area contributed by atoms with Crippen LogP contribution in [0.2, 0.25) is 0 Å². The molecule has 1 aliphatic rings. The number of fused-ring (bicyclic) bond motifs is 1. The normalized spacial score (nSPS) is 20.1. The molecule has 0 radical (unpaired) electrons. The smallest absolute Gasteiger partial charge is 0.129 e. The van der Waals surface area contributed by atoms with Crippen molar-refractivity contribution in [1.29, 1.82) is 0 Å². The quantitative estimate of drug-likeness (QED) is 0.739. The summed E-state index contributed by atoms with van der Waals surface area (Å²) < 4.78 is 0. The molecule has 3 rings (SSSR count). The Morgan fingerprint density at radius 3 is 3.00 bits per heavy atom. The number of pyridine rings is 1. The van der Waals surface area contributed by atoms with Gasteiger partial charge in [0.05, 0.1) is 0 Å². The van der Waals surface area contributed by atoms with Gasteiger partial charge in [-0.1, -0.05) is 18.2 Å². The number of anilines is 1. The highest BCUT2D eigenvalue weighted by molar-refractivity contribution is 5.86. The van der Waals surface area contributed by atoms with Gasteiger partial charge in [-0.15, -0.1) is 0 Å². The van der Waals surface area contributed by atoms with Gasteiger partial charge in [-0.2, -0.15) is 0 Å². The van der Waals surface area contributed by atoms with Gasteiger partial charge < -0.3 is 4.90 Å². The first-order valence-corrected chi connectivity index (χ1v) is 6.38. The molecule has 88 valence electrons. The van der Waals surface area contributed by atoms with Crippen LogP contribution in [0, 0.1) is 6.92 Å². The number of benzene rings is 1. The zero-order valence-electron chi connectivity index (χ0n) is 10.5. The van der Waals surface area contributed by atoms with Gasteiger partial charge in [-0.3, -0.25) is 0 Å². The van der Waals surface area contributed by atoms with Gasteiger partial charge in [0.15, 0.2) is 0 Å². The van der Waals surface area contributed by atoms with Crippen molar-refractivity contribution in [3.8, 4) is 0 Å². The highest BCUT2D eigenvalue weighted by Gasteiger charge is 2.21. The number of hydrogen-bond acceptors (Lipinski definition) is 2. The molecule has 0 N–H and O–H groups in total. The van der Waals surface area contributed by atoms with E-state index in [4.69, 9.17) is 0 Å². The Labute approximate surface area is 102 Å². The summed E-state index contributed by atoms with van der Waals surface area (Å²) in [5, 5.41) is 2.57. The van der Waals surface area contributed by atoms with Crippen LogP contribution >= 0.6 is 0 Å². The Morgan fingerprint density at radius 1 is 1.35 bits per heavy atom. The molecular formula is C15H18N2. The second-order valence-corrected chi connectivity index (χ2v) is 5.02. The van der Waals surface area contributed by atoms with Gasteiger partial charge in [0, 0.05) is 24.2 Å². The van der Waals surface area contributed by atoms with E-state index >= 15 is 0 Å². The Morgan fingerprint density at radius 2 is 2.24 bits per heavy atom. The third-order valence-corrected chi connectivity index (χ3v) is 3.82. The van der Waals surface area contributed by atoms with Gasteiger partial charge >= 0.3 is 0 Å². The molecule has 0 saturated carbocycles. The molecule has 1 aliphatic heterocycles. The third kappa shape index (κ3) is 1.78. The fourth-order valence-electron chi connectivity index (χ4n) is 2.74. The zero-order valence-corrected chi connectivity index (χ0v) is 10.5. The standard InChI is InChI=1S/C15H18N2/c1-11-5-3-7-13-9-15(16-10-14(11)13)17-8-4-6-12(17)2/h3,5,7,9-10,12H,4,6,8H2,1-2H3. The topological polar surface area (TPSA) is 16.1 Å². The maximum Gasteiger partial charge on any atom is 0.129 e. The average Bonchev–Trinajstić information content (AvgIpc) is 2.75. The highest BCUT2D eigenvalue weighted by atomic mass is 15.2. The van der Waals surface area contributed by atoms with Crippen molar-refractivity contribution in [1.82, 2.24) is 4.98 Å². The summed E-state index contributed by atoms with van der Waals surface area (Å²) in [4.78, 5) is 7.04. The SMILES string of the molecule is Cc1cccc2cc(N3CCCC3C)ncc12. The summed E-state index contributed by atoms with van der Waals surface area (Å²) in [6, 6.07) is 9.29. The van der Waals surface area contributed by atoms with Gasteiger partial charge in [0.25, 0.3) is 0 Å². The zero-order chi connectivity index (χ0) is 11.8. The molecule has 2 heterocycles. The van der Waals surface area contributed by atoms with Crippen molar-refractivity contribution >= 4 is 16.6 Å². The number of aryl methyl sites for hydroxylation is 1. The summed E-state index contributed by atoms with van der Waals surface area (Å²) >= 11 is 0. The van der Waals surface area contributed by atoms with E-state index in [1.54, 1.807) is 0 Å². The summed E-state index contributed by atoms with van der Waals surface area (Å²) in [5.74, 6) is 1.13. The highest BCUT2D eigenvalue weighted by Crippen LogP contribution is 2.27. The Hall–Kier alpha value is -1.57. The van der Waals surface area contributed by atoms with Crippen molar-refractivity contribution in [2.45, 2.75) is 32.7 Å². The van der Waals surface area contributed by atoms with Crippen molar-refractivity contribution in [2.75, 3.05) is 11.4 Å². The number of hydrogen-bond donors (Lipinski definition) is 0. The maximum absolute atomic E-state index is 4.63. The minimum absolute atomic E-state index is 0.629. The molecule has 1 aromatic carbocycles. The summed E-state index contributed by atoms with van der Waals surface area (Å²) in [6.45, 7) is 5.57. The van der Waals surface area contributed by atoms with Gasteiger partial charge in [0.2, 0.25) is 0 Å². The van der Waals surface area contributed by atoms with E-state index in [9.17, 15) is 0 Å². The lowest BCUT2D eigenvalue weighted by atomic mass is 10.1. The first kappa shape index (κ1) is 10.6. The fourth-order valence-corrected chi connectivity index (χ4v) is 2.74. The first-order chi connectivity index (χ1) is 8.25. The van der Waals surface area contributed by atoms with E-state index in [1.807, 2.05) is 6.20 Å². The lowest BCUT2D eigenvalue weighted by Crippen LogP contribution is -2.26. The molecule has 1 atom stereocenters. The minimum Gasteiger partial charge on any atom is -0.354 e. The van der Waals surface area contributed by atoms with Gasteiger partial charge in [-0.25, -0.2) is 4.98 Å². The van der Waals surface area contributed by atoms with E-state index in [1.165, 1.54) is 29.2 Å². The Bertz CT molecular complexity index is 548. The second kappa shape index (κ2) is 4.02. The molecule has 1 fully saturated rings. The summed E-state index contributed by atoms with van der Waals surface area (Å²) in [5.41, 5.74) is 1.30. The van der Waals surface area contributed by atoms with Crippen LogP contribution in [0.4, 0.5) is 5.82 Å². The van der Waals surface area contributed by atoms with Gasteiger partial charge in [0.1, 0.15) is 5.82 Å². The molecule has 2 nitrogen and oxygen atoms in total. The molecule has 2 aromatic rings. The second-order valence-electron chi connectivity index (χ2n) is 5.02. The third-order valence-electron chi connectivity index (χ3n) is 3.82. The van der Waals surface area contributed by atoms with Crippen LogP contribution in [0.3, 0.4) is 0 Å². The lowest BCUT2D eigenvalue weighted by Gasteiger charge is -2.22. The largest absolute Gasteiger partial charge is 0.354 e. The van der Waals surface area contributed by atoms with Crippen LogP contribution in [0.1, 0.15) is 25.3 Å². The van der Waals surface area contributed by atoms with Crippen molar-refractivity contribution in [3.05, 3.63) is 36.0 Å². The van der Waals surface area contributed by atoms with Crippen LogP contribution in [0.15, 0.2) is 30.5 Å². The van der Waals surface area contributed by atoms with Gasteiger partial charge in [-0.05, 0) is 43.7 Å². The maximum atomic E-state index is 4.63. The molecule has 17 heavy (non-hydrogen) atoms. The average molecular weight is 226 g/mol. The van der Waals surface area contributed by atoms with E-state index in [2.05, 4.69) is 48.0 Å². The molecule has 0 amide bonds. The van der Waals surface area contributed by atoms with E-state index in [0.29, 0.717) is 6.04 Å². The molecule has 0 aliphatic carbocycles. The molecule has 1 aromatic heterocycles. The van der Waals surface area contributed by atoms with Crippen LogP contribution in [-0.4, -0.2) is 17.6 Å². The Kier molecular flexibility index (Phi) is 2.50. The van der Waals surface area contributed by atoms with Crippen molar-refractivity contribution < 1.29 is 0 Å². The van der Waals surface area contributed by atoms with Crippen molar-refractivity contribution in [2.24, 2.45) is 0 Å². The fraction of sp³-hybridized carbons (Fsp3) is 0.400.